The minimum Gasteiger partial charge on any atom is -0.480 e. The quantitative estimate of drug-likeness (QED) is 0.578. The van der Waals surface area contributed by atoms with Crippen LogP contribution in [-0.2, 0) is 14.4 Å². The normalized spacial score (nSPS) is 41.4. The van der Waals surface area contributed by atoms with Crippen molar-refractivity contribution in [1.29, 1.82) is 0 Å². The van der Waals surface area contributed by atoms with E-state index in [4.69, 9.17) is 9.94 Å². The molecule has 0 aromatic heterocycles. The molecule has 0 saturated heterocycles. The van der Waals surface area contributed by atoms with Crippen molar-refractivity contribution in [3.63, 3.8) is 0 Å². The van der Waals surface area contributed by atoms with E-state index in [1.54, 1.807) is 0 Å². The van der Waals surface area contributed by atoms with Crippen LogP contribution in [0.1, 0.15) is 72.1 Å². The molecule has 1 amide bonds. The second kappa shape index (κ2) is 8.23. The van der Waals surface area contributed by atoms with Gasteiger partial charge in [0.25, 0.3) is 5.91 Å². The molecule has 0 radical (unpaired) electrons. The number of aliphatic carboxylic acids is 1. The average Bonchev–Trinajstić information content (AvgIpc) is 3.02. The number of nitrogens with zero attached hydrogens (tertiary/aromatic N) is 1. The third kappa shape index (κ3) is 3.90. The summed E-state index contributed by atoms with van der Waals surface area (Å²) in [4.78, 5) is 27.8. The number of allylic oxidation sites excluding steroid dienone is 2. The number of nitrogens with one attached hydrogen (secondary N) is 1. The van der Waals surface area contributed by atoms with Crippen molar-refractivity contribution in [2.45, 2.75) is 84.3 Å². The second-order valence-corrected chi connectivity index (χ2v) is 10.6. The van der Waals surface area contributed by atoms with Gasteiger partial charge in [-0.15, -0.1) is 0 Å². The molecule has 4 rings (SSSR count). The van der Waals surface area contributed by atoms with Crippen molar-refractivity contribution >= 4 is 17.6 Å². The molecular weight excluding hydrogens is 396 g/mol. The molecule has 0 aromatic rings. The van der Waals surface area contributed by atoms with Crippen molar-refractivity contribution in [2.75, 3.05) is 6.61 Å². The summed E-state index contributed by atoms with van der Waals surface area (Å²) in [6.45, 7) is 5.86. The predicted octanol–water partition coefficient (Wildman–Crippen LogP) is 3.27. The highest BCUT2D eigenvalue weighted by molar-refractivity contribution is 5.96. The van der Waals surface area contributed by atoms with Crippen LogP contribution in [0, 0.1) is 28.6 Å². The Morgan fingerprint density at radius 2 is 1.97 bits per heavy atom. The zero-order valence-electron chi connectivity index (χ0n) is 18.9. The van der Waals surface area contributed by atoms with Gasteiger partial charge in [0, 0.05) is 0 Å². The number of aliphatic hydroxyl groups is 1. The zero-order chi connectivity index (χ0) is 22.4. The van der Waals surface area contributed by atoms with Crippen molar-refractivity contribution in [3.8, 4) is 0 Å². The van der Waals surface area contributed by atoms with Gasteiger partial charge in [-0.2, -0.15) is 0 Å². The lowest BCUT2D eigenvalue weighted by atomic mass is 9.47. The third-order valence-corrected chi connectivity index (χ3v) is 9.05. The molecule has 4 aliphatic carbocycles. The van der Waals surface area contributed by atoms with Gasteiger partial charge in [0.05, 0.1) is 11.8 Å². The fraction of sp³-hybridized carbons (Fsp3) is 0.792. The molecule has 0 spiro atoms. The van der Waals surface area contributed by atoms with Gasteiger partial charge in [-0.25, -0.2) is 0 Å². The first-order valence-electron chi connectivity index (χ1n) is 11.8. The highest BCUT2D eigenvalue weighted by Crippen LogP contribution is 2.65. The lowest BCUT2D eigenvalue weighted by molar-refractivity contribution is -0.142. The summed E-state index contributed by atoms with van der Waals surface area (Å²) in [5.41, 5.74) is 2.60. The smallest absolute Gasteiger partial charge is 0.325 e. The van der Waals surface area contributed by atoms with Gasteiger partial charge in [-0.05, 0) is 93.0 Å². The van der Waals surface area contributed by atoms with Crippen LogP contribution in [0.5, 0.6) is 0 Å². The molecule has 3 fully saturated rings. The molecule has 0 aromatic carbocycles. The first kappa shape index (κ1) is 22.3. The van der Waals surface area contributed by atoms with Crippen LogP contribution in [-0.4, -0.2) is 46.6 Å². The third-order valence-electron chi connectivity index (χ3n) is 9.05. The van der Waals surface area contributed by atoms with E-state index in [0.717, 1.165) is 44.2 Å². The molecule has 0 aliphatic heterocycles. The Labute approximate surface area is 184 Å². The lowest BCUT2D eigenvalue weighted by Crippen LogP contribution is -2.51. The predicted molar refractivity (Wildman–Crippen MR) is 116 cm³/mol. The molecule has 0 heterocycles. The van der Waals surface area contributed by atoms with Gasteiger partial charge in [0.1, 0.15) is 6.04 Å². The maximum atomic E-state index is 11.8. The van der Waals surface area contributed by atoms with Crippen LogP contribution in [0.4, 0.5) is 0 Å². The van der Waals surface area contributed by atoms with Crippen LogP contribution >= 0.6 is 0 Å². The second-order valence-electron chi connectivity index (χ2n) is 10.6. The summed E-state index contributed by atoms with van der Waals surface area (Å²) in [5.74, 6) is 0.442. The highest BCUT2D eigenvalue weighted by atomic mass is 16.6. The number of carbonyl (C=O) groups excluding carboxylic acids is 1. The van der Waals surface area contributed by atoms with Crippen LogP contribution in [0.25, 0.3) is 0 Å². The van der Waals surface area contributed by atoms with E-state index in [1.165, 1.54) is 25.3 Å². The van der Waals surface area contributed by atoms with Gasteiger partial charge in [0.2, 0.25) is 0 Å². The van der Waals surface area contributed by atoms with E-state index in [-0.39, 0.29) is 23.5 Å². The Balaban J connectivity index is 1.41. The molecule has 3 N–H and O–H groups in total. The number of carboxylic acids is 1. The maximum Gasteiger partial charge on any atom is 0.325 e. The molecule has 7 atom stereocenters. The molecule has 3 saturated carbocycles. The van der Waals surface area contributed by atoms with Crippen molar-refractivity contribution in [3.05, 3.63) is 11.6 Å². The summed E-state index contributed by atoms with van der Waals surface area (Å²) >= 11 is 0. The minimum atomic E-state index is -1.08. The topological polar surface area (TPSA) is 108 Å². The molecule has 0 bridgehead atoms. The molecule has 172 valence electrons. The minimum absolute atomic E-state index is 0.104. The van der Waals surface area contributed by atoms with Crippen LogP contribution in [0.2, 0.25) is 0 Å². The Kier molecular flexibility index (Phi) is 5.92. The standard InChI is InChI=1S/C24H36N2O5/c1-14(22(29)30)25-21(28)13-31-26-16-8-10-23(2)15(12-16)4-5-17-18-6-7-20(27)24(18,3)11-9-19(17)23/h12,14,17-20,27H,4-11,13H2,1-3H3,(H,25,28)(H,29,30)/b26-16-/t14-,17-,18-,19-,20+,23-,24-/m0/s1. The Morgan fingerprint density at radius 1 is 1.19 bits per heavy atom. The van der Waals surface area contributed by atoms with E-state index in [1.807, 2.05) is 0 Å². The van der Waals surface area contributed by atoms with E-state index < -0.39 is 17.9 Å². The Morgan fingerprint density at radius 3 is 2.71 bits per heavy atom. The summed E-state index contributed by atoms with van der Waals surface area (Å²) in [6, 6.07) is -0.949. The number of hydrogen-bond acceptors (Lipinski definition) is 5. The molecule has 7 heteroatoms. The van der Waals surface area contributed by atoms with E-state index in [0.29, 0.717) is 17.8 Å². The number of amides is 1. The number of carboxylic acid groups (broad SMARTS) is 1. The number of carbonyl (C=O) groups is 2. The van der Waals surface area contributed by atoms with E-state index in [2.05, 4.69) is 30.4 Å². The number of rotatable bonds is 5. The molecule has 0 unspecified atom stereocenters. The van der Waals surface area contributed by atoms with Gasteiger partial charge >= 0.3 is 5.97 Å². The number of aliphatic hydroxyl groups excluding tert-OH is 1. The highest BCUT2D eigenvalue weighted by Gasteiger charge is 2.58. The van der Waals surface area contributed by atoms with Gasteiger partial charge in [-0.3, -0.25) is 9.59 Å². The van der Waals surface area contributed by atoms with Crippen LogP contribution < -0.4 is 5.32 Å². The van der Waals surface area contributed by atoms with Gasteiger partial charge in [0.15, 0.2) is 6.61 Å². The number of hydrogen-bond donors (Lipinski definition) is 3. The first-order valence-corrected chi connectivity index (χ1v) is 11.8. The number of fused-ring (bicyclic) bond motifs is 5. The largest absolute Gasteiger partial charge is 0.480 e. The summed E-state index contributed by atoms with van der Waals surface area (Å²) in [7, 11) is 0. The van der Waals surface area contributed by atoms with Crippen molar-refractivity contribution in [1.82, 2.24) is 5.32 Å². The summed E-state index contributed by atoms with van der Waals surface area (Å²) in [5, 5.41) is 26.0. The van der Waals surface area contributed by atoms with Crippen LogP contribution in [0.3, 0.4) is 0 Å². The summed E-state index contributed by atoms with van der Waals surface area (Å²) in [6.07, 6.45) is 10.6. The summed E-state index contributed by atoms with van der Waals surface area (Å²) < 4.78 is 0. The molecule has 31 heavy (non-hydrogen) atoms. The van der Waals surface area contributed by atoms with E-state index in [9.17, 15) is 14.7 Å². The number of oxime groups is 1. The SMILES string of the molecule is C[C@H](NC(=O)CO/N=C1\C=C2CC[C@H]3[C@@H]4CC[C@@H](O)[C@@]4(C)CC[C@@H]3[C@@]2(C)CC1)C(=O)O. The Bertz CT molecular complexity index is 808. The lowest BCUT2D eigenvalue weighted by Gasteiger charge is -2.57. The maximum absolute atomic E-state index is 11.8. The monoisotopic (exact) mass is 432 g/mol. The van der Waals surface area contributed by atoms with Gasteiger partial charge < -0.3 is 20.4 Å². The Hall–Kier alpha value is -1.89. The molecule has 4 aliphatic rings. The average molecular weight is 433 g/mol. The van der Waals surface area contributed by atoms with E-state index >= 15 is 0 Å². The fourth-order valence-corrected chi connectivity index (χ4v) is 7.13. The molecular formula is C24H36N2O5. The van der Waals surface area contributed by atoms with Gasteiger partial charge in [-0.1, -0.05) is 24.6 Å². The fourth-order valence-electron chi connectivity index (χ4n) is 7.13. The van der Waals surface area contributed by atoms with Crippen LogP contribution in [0.15, 0.2) is 16.8 Å². The zero-order valence-corrected chi connectivity index (χ0v) is 18.9. The van der Waals surface area contributed by atoms with Crippen molar-refractivity contribution in [2.24, 2.45) is 33.7 Å². The molecule has 7 nitrogen and oxygen atoms in total. The first-order chi connectivity index (χ1) is 14.6. The van der Waals surface area contributed by atoms with Crippen molar-refractivity contribution < 1.29 is 24.6 Å².